The summed E-state index contributed by atoms with van der Waals surface area (Å²) in [6.07, 6.45) is 3.83. The Labute approximate surface area is 138 Å². The third-order valence-electron chi connectivity index (χ3n) is 5.52. The maximum absolute atomic E-state index is 12.5. The van der Waals surface area contributed by atoms with Crippen molar-refractivity contribution in [3.8, 4) is 0 Å². The number of carbonyl (C=O) groups is 1. The quantitative estimate of drug-likeness (QED) is 0.843. The molecule has 0 radical (unpaired) electrons. The van der Waals surface area contributed by atoms with Crippen LogP contribution in [0.4, 0.5) is 0 Å². The predicted molar refractivity (Wildman–Crippen MR) is 86.1 cm³/mol. The third kappa shape index (κ3) is 3.71. The van der Waals surface area contributed by atoms with Crippen molar-refractivity contribution < 1.29 is 19.0 Å². The molecule has 3 heterocycles. The van der Waals surface area contributed by atoms with Crippen LogP contribution in [-0.4, -0.2) is 67.2 Å². The molecule has 0 unspecified atom stereocenters. The first kappa shape index (κ1) is 17.1. The minimum absolute atomic E-state index is 0.0577. The second-order valence-corrected chi connectivity index (χ2v) is 7.22. The molecular weight excluding hydrogens is 296 g/mol. The summed E-state index contributed by atoms with van der Waals surface area (Å²) < 4.78 is 17.3. The Kier molecular flexibility index (Phi) is 5.26. The van der Waals surface area contributed by atoms with E-state index in [1.165, 1.54) is 12.8 Å². The van der Waals surface area contributed by atoms with E-state index in [-0.39, 0.29) is 18.1 Å². The van der Waals surface area contributed by atoms with Gasteiger partial charge in [-0.1, -0.05) is 0 Å². The van der Waals surface area contributed by atoms with Crippen LogP contribution in [0.25, 0.3) is 0 Å². The van der Waals surface area contributed by atoms with Gasteiger partial charge in [0.1, 0.15) is 6.10 Å². The van der Waals surface area contributed by atoms with Crippen molar-refractivity contribution in [2.75, 3.05) is 26.4 Å². The highest BCUT2D eigenvalue weighted by Gasteiger charge is 2.43. The SMILES string of the molecule is C[C@@H]1CC[C@H](C)N1[C@H](C)C(=O)NC[C@H]1COC2(CCOCC2)O1. The fourth-order valence-electron chi connectivity index (χ4n) is 4.14. The Hall–Kier alpha value is -0.690. The molecule has 0 bridgehead atoms. The second-order valence-electron chi connectivity index (χ2n) is 7.22. The van der Waals surface area contributed by atoms with E-state index in [0.29, 0.717) is 38.4 Å². The highest BCUT2D eigenvalue weighted by Crippen LogP contribution is 2.33. The van der Waals surface area contributed by atoms with Gasteiger partial charge in [0, 0.05) is 31.5 Å². The molecule has 3 aliphatic heterocycles. The molecule has 0 saturated carbocycles. The summed E-state index contributed by atoms with van der Waals surface area (Å²) in [6.45, 7) is 8.83. The lowest BCUT2D eigenvalue weighted by molar-refractivity contribution is -0.210. The summed E-state index contributed by atoms with van der Waals surface area (Å²) in [5.74, 6) is -0.390. The van der Waals surface area contributed by atoms with Crippen molar-refractivity contribution >= 4 is 5.91 Å². The molecule has 1 amide bonds. The highest BCUT2D eigenvalue weighted by molar-refractivity contribution is 5.81. The van der Waals surface area contributed by atoms with Gasteiger partial charge in [-0.2, -0.15) is 0 Å². The lowest BCUT2D eigenvalue weighted by atomic mass is 10.1. The van der Waals surface area contributed by atoms with Gasteiger partial charge in [-0.25, -0.2) is 0 Å². The van der Waals surface area contributed by atoms with Crippen LogP contribution < -0.4 is 5.32 Å². The van der Waals surface area contributed by atoms with Crippen molar-refractivity contribution in [3.63, 3.8) is 0 Å². The van der Waals surface area contributed by atoms with Gasteiger partial charge in [-0.3, -0.25) is 9.69 Å². The molecule has 132 valence electrons. The van der Waals surface area contributed by atoms with E-state index in [1.54, 1.807) is 0 Å². The Bertz CT molecular complexity index is 415. The van der Waals surface area contributed by atoms with E-state index < -0.39 is 5.79 Å². The maximum atomic E-state index is 12.5. The van der Waals surface area contributed by atoms with Gasteiger partial charge in [0.2, 0.25) is 5.91 Å². The summed E-state index contributed by atoms with van der Waals surface area (Å²) in [5, 5.41) is 3.05. The van der Waals surface area contributed by atoms with Crippen LogP contribution in [0.15, 0.2) is 0 Å². The average Bonchev–Trinajstić information content (AvgIpc) is 3.09. The first-order valence-corrected chi connectivity index (χ1v) is 8.95. The van der Waals surface area contributed by atoms with Crippen LogP contribution in [0, 0.1) is 0 Å². The largest absolute Gasteiger partial charge is 0.381 e. The van der Waals surface area contributed by atoms with Gasteiger partial charge in [-0.05, 0) is 33.6 Å². The standard InChI is InChI=1S/C17H30N2O4/c1-12-4-5-13(2)19(12)14(3)16(20)18-10-15-11-22-17(23-15)6-8-21-9-7-17/h12-15H,4-11H2,1-3H3,(H,18,20)/t12-,13+,14-,15+/m1/s1. The highest BCUT2D eigenvalue weighted by atomic mass is 16.7. The van der Waals surface area contributed by atoms with Gasteiger partial charge in [0.15, 0.2) is 5.79 Å². The van der Waals surface area contributed by atoms with Crippen LogP contribution >= 0.6 is 0 Å². The normalized spacial score (nSPS) is 35.5. The van der Waals surface area contributed by atoms with E-state index in [9.17, 15) is 4.79 Å². The Morgan fingerprint density at radius 2 is 1.91 bits per heavy atom. The van der Waals surface area contributed by atoms with Crippen LogP contribution in [0.5, 0.6) is 0 Å². The van der Waals surface area contributed by atoms with E-state index in [1.807, 2.05) is 6.92 Å². The van der Waals surface area contributed by atoms with Crippen LogP contribution in [0.3, 0.4) is 0 Å². The number of nitrogens with one attached hydrogen (secondary N) is 1. The molecule has 3 fully saturated rings. The second kappa shape index (κ2) is 7.05. The van der Waals surface area contributed by atoms with E-state index in [2.05, 4.69) is 24.1 Å². The Morgan fingerprint density at radius 1 is 1.26 bits per heavy atom. The molecular formula is C17H30N2O4. The molecule has 3 saturated heterocycles. The first-order valence-electron chi connectivity index (χ1n) is 8.95. The molecule has 0 aromatic heterocycles. The fraction of sp³-hybridized carbons (Fsp3) is 0.941. The number of carbonyl (C=O) groups excluding carboxylic acids is 1. The van der Waals surface area contributed by atoms with Gasteiger partial charge in [0.25, 0.3) is 0 Å². The van der Waals surface area contributed by atoms with E-state index >= 15 is 0 Å². The lowest BCUT2D eigenvalue weighted by Gasteiger charge is -2.32. The predicted octanol–water partition coefficient (Wildman–Crippen LogP) is 1.29. The first-order chi connectivity index (χ1) is 11.0. The summed E-state index contributed by atoms with van der Waals surface area (Å²) in [7, 11) is 0. The van der Waals surface area contributed by atoms with Crippen LogP contribution in [-0.2, 0) is 19.0 Å². The molecule has 0 aliphatic carbocycles. The molecule has 0 aromatic carbocycles. The molecule has 3 aliphatic rings. The zero-order valence-electron chi connectivity index (χ0n) is 14.5. The minimum Gasteiger partial charge on any atom is -0.381 e. The number of nitrogens with zero attached hydrogens (tertiary/aromatic N) is 1. The zero-order chi connectivity index (χ0) is 16.4. The summed E-state index contributed by atoms with van der Waals surface area (Å²) in [5.41, 5.74) is 0. The van der Waals surface area contributed by atoms with Crippen molar-refractivity contribution in [1.82, 2.24) is 10.2 Å². The zero-order valence-corrected chi connectivity index (χ0v) is 14.5. The number of amides is 1. The van der Waals surface area contributed by atoms with Crippen molar-refractivity contribution in [2.45, 2.75) is 76.5 Å². The van der Waals surface area contributed by atoms with E-state index in [0.717, 1.165) is 12.8 Å². The van der Waals surface area contributed by atoms with Gasteiger partial charge >= 0.3 is 0 Å². The summed E-state index contributed by atoms with van der Waals surface area (Å²) in [6, 6.07) is 0.853. The Balaban J connectivity index is 1.46. The molecule has 3 rings (SSSR count). The molecule has 4 atom stereocenters. The number of likely N-dealkylation sites (tertiary alicyclic amines) is 1. The monoisotopic (exact) mass is 326 g/mol. The maximum Gasteiger partial charge on any atom is 0.237 e. The van der Waals surface area contributed by atoms with Gasteiger partial charge in [0.05, 0.1) is 25.9 Å². The fourth-order valence-corrected chi connectivity index (χ4v) is 4.14. The van der Waals surface area contributed by atoms with Crippen molar-refractivity contribution in [1.29, 1.82) is 0 Å². The molecule has 0 aromatic rings. The van der Waals surface area contributed by atoms with Gasteiger partial charge in [-0.15, -0.1) is 0 Å². The van der Waals surface area contributed by atoms with Gasteiger partial charge < -0.3 is 19.5 Å². The summed E-state index contributed by atoms with van der Waals surface area (Å²) in [4.78, 5) is 14.8. The average molecular weight is 326 g/mol. The Morgan fingerprint density at radius 3 is 2.57 bits per heavy atom. The third-order valence-corrected chi connectivity index (χ3v) is 5.52. The molecule has 6 nitrogen and oxygen atoms in total. The minimum atomic E-state index is -0.475. The summed E-state index contributed by atoms with van der Waals surface area (Å²) >= 11 is 0. The number of hydrogen-bond acceptors (Lipinski definition) is 5. The number of hydrogen-bond donors (Lipinski definition) is 1. The van der Waals surface area contributed by atoms with E-state index in [4.69, 9.17) is 14.2 Å². The van der Waals surface area contributed by atoms with Crippen molar-refractivity contribution in [3.05, 3.63) is 0 Å². The van der Waals surface area contributed by atoms with Crippen LogP contribution in [0.1, 0.15) is 46.5 Å². The number of ether oxygens (including phenoxy) is 3. The topological polar surface area (TPSA) is 60.0 Å². The molecule has 1 spiro atoms. The molecule has 23 heavy (non-hydrogen) atoms. The van der Waals surface area contributed by atoms with Crippen molar-refractivity contribution in [2.24, 2.45) is 0 Å². The molecule has 1 N–H and O–H groups in total. The lowest BCUT2D eigenvalue weighted by Crippen LogP contribution is -2.50. The molecule has 6 heteroatoms. The smallest absolute Gasteiger partial charge is 0.237 e. The van der Waals surface area contributed by atoms with Crippen LogP contribution in [0.2, 0.25) is 0 Å². The number of rotatable bonds is 4.